The fourth-order valence-corrected chi connectivity index (χ4v) is 5.14. The normalized spacial score (nSPS) is 16.1. The predicted molar refractivity (Wildman–Crippen MR) is 112 cm³/mol. The van der Waals surface area contributed by atoms with Crippen molar-refractivity contribution in [1.29, 1.82) is 0 Å². The van der Waals surface area contributed by atoms with Crippen molar-refractivity contribution in [3.05, 3.63) is 53.1 Å². The van der Waals surface area contributed by atoms with Crippen LogP contribution in [0.1, 0.15) is 42.5 Å². The minimum absolute atomic E-state index is 0.0165. The molecule has 0 fully saturated rings. The smallest absolute Gasteiger partial charge is 0.262 e. The molecule has 1 aliphatic carbocycles. The quantitative estimate of drug-likeness (QED) is 0.736. The molecule has 1 heterocycles. The molecular formula is C22H24N2O5S. The van der Waals surface area contributed by atoms with Crippen LogP contribution in [-0.4, -0.2) is 32.6 Å². The summed E-state index contributed by atoms with van der Waals surface area (Å²) in [4.78, 5) is 24.1. The van der Waals surface area contributed by atoms with Gasteiger partial charge in [0.1, 0.15) is 5.75 Å². The molecule has 2 aliphatic rings. The zero-order chi connectivity index (χ0) is 21.3. The predicted octanol–water partition coefficient (Wildman–Crippen LogP) is 2.55. The minimum Gasteiger partial charge on any atom is -0.482 e. The van der Waals surface area contributed by atoms with Crippen LogP contribution in [-0.2, 0) is 32.3 Å². The van der Waals surface area contributed by atoms with Gasteiger partial charge in [-0.05, 0) is 67.1 Å². The summed E-state index contributed by atoms with van der Waals surface area (Å²) in [5.41, 5.74) is 3.66. The van der Waals surface area contributed by atoms with Gasteiger partial charge in [-0.15, -0.1) is 0 Å². The number of aryl methyl sites for hydroxylation is 2. The molecule has 4 rings (SSSR count). The molecule has 8 heteroatoms. The van der Waals surface area contributed by atoms with Crippen molar-refractivity contribution in [2.24, 2.45) is 0 Å². The van der Waals surface area contributed by atoms with E-state index in [1.807, 2.05) is 12.1 Å². The van der Waals surface area contributed by atoms with Gasteiger partial charge in [0.25, 0.3) is 5.91 Å². The molecule has 2 aromatic rings. The van der Waals surface area contributed by atoms with E-state index in [-0.39, 0.29) is 41.5 Å². The number of hydrogen-bond donors (Lipinski definition) is 2. The molecule has 0 aromatic heterocycles. The lowest BCUT2D eigenvalue weighted by Gasteiger charge is -2.21. The maximum absolute atomic E-state index is 12.6. The van der Waals surface area contributed by atoms with E-state index in [1.54, 1.807) is 31.2 Å². The maximum atomic E-state index is 12.6. The molecule has 1 atom stereocenters. The fraction of sp³-hybridized carbons (Fsp3) is 0.364. The Morgan fingerprint density at radius 3 is 2.80 bits per heavy atom. The van der Waals surface area contributed by atoms with E-state index in [0.717, 1.165) is 30.4 Å². The van der Waals surface area contributed by atoms with Gasteiger partial charge < -0.3 is 15.4 Å². The van der Waals surface area contributed by atoms with Crippen LogP contribution >= 0.6 is 0 Å². The zero-order valence-electron chi connectivity index (χ0n) is 16.7. The Kier molecular flexibility index (Phi) is 5.51. The SMILES string of the molecule is CC(NC(=O)CCS(=O)(=O)c1ccc2c(c1)CCC2)c1ccc2c(c1)NC(=O)CO2. The number of rotatable bonds is 6. The van der Waals surface area contributed by atoms with Gasteiger partial charge in [-0.2, -0.15) is 0 Å². The van der Waals surface area contributed by atoms with Crippen LogP contribution in [0, 0.1) is 0 Å². The molecule has 2 N–H and O–H groups in total. The van der Waals surface area contributed by atoms with E-state index >= 15 is 0 Å². The number of fused-ring (bicyclic) bond motifs is 2. The van der Waals surface area contributed by atoms with Crippen LogP contribution in [0.15, 0.2) is 41.3 Å². The van der Waals surface area contributed by atoms with E-state index in [9.17, 15) is 18.0 Å². The summed E-state index contributed by atoms with van der Waals surface area (Å²) >= 11 is 0. The average molecular weight is 429 g/mol. The lowest BCUT2D eigenvalue weighted by atomic mass is 10.1. The van der Waals surface area contributed by atoms with Crippen LogP contribution in [0.2, 0.25) is 0 Å². The molecule has 0 bridgehead atoms. The first-order valence-electron chi connectivity index (χ1n) is 10.0. The van der Waals surface area contributed by atoms with Gasteiger partial charge in [0.05, 0.1) is 22.4 Å². The molecule has 0 saturated carbocycles. The summed E-state index contributed by atoms with van der Waals surface area (Å²) in [5.74, 6) is -0.228. The van der Waals surface area contributed by atoms with Crippen molar-refractivity contribution in [1.82, 2.24) is 5.32 Å². The monoisotopic (exact) mass is 428 g/mol. The molecule has 1 aliphatic heterocycles. The fourth-order valence-electron chi connectivity index (χ4n) is 3.85. The topological polar surface area (TPSA) is 102 Å². The largest absolute Gasteiger partial charge is 0.482 e. The van der Waals surface area contributed by atoms with E-state index < -0.39 is 9.84 Å². The van der Waals surface area contributed by atoms with Gasteiger partial charge in [-0.1, -0.05) is 12.1 Å². The lowest BCUT2D eigenvalue weighted by Crippen LogP contribution is -2.29. The number of sulfone groups is 1. The number of carbonyl (C=O) groups excluding carboxylic acids is 2. The van der Waals surface area contributed by atoms with Crippen molar-refractivity contribution in [2.75, 3.05) is 17.7 Å². The third-order valence-corrected chi connectivity index (χ3v) is 7.25. The maximum Gasteiger partial charge on any atom is 0.262 e. The van der Waals surface area contributed by atoms with Gasteiger partial charge in [0.2, 0.25) is 5.91 Å². The van der Waals surface area contributed by atoms with Crippen LogP contribution < -0.4 is 15.4 Å². The molecule has 30 heavy (non-hydrogen) atoms. The second-order valence-electron chi connectivity index (χ2n) is 7.73. The number of nitrogens with one attached hydrogen (secondary N) is 2. The van der Waals surface area contributed by atoms with Crippen LogP contribution in [0.3, 0.4) is 0 Å². The van der Waals surface area contributed by atoms with Crippen molar-refractivity contribution >= 4 is 27.3 Å². The van der Waals surface area contributed by atoms with Crippen molar-refractivity contribution in [3.8, 4) is 5.75 Å². The zero-order valence-corrected chi connectivity index (χ0v) is 17.6. The molecular weight excluding hydrogens is 404 g/mol. The number of ether oxygens (including phenoxy) is 1. The van der Waals surface area contributed by atoms with E-state index in [1.165, 1.54) is 5.56 Å². The van der Waals surface area contributed by atoms with E-state index in [2.05, 4.69) is 10.6 Å². The Bertz CT molecular complexity index is 1110. The van der Waals surface area contributed by atoms with Crippen molar-refractivity contribution < 1.29 is 22.7 Å². The number of carbonyl (C=O) groups is 2. The third kappa shape index (κ3) is 4.33. The lowest BCUT2D eigenvalue weighted by molar-refractivity contribution is -0.121. The van der Waals surface area contributed by atoms with E-state index in [4.69, 9.17) is 4.74 Å². The molecule has 0 saturated heterocycles. The molecule has 1 unspecified atom stereocenters. The first kappa shape index (κ1) is 20.4. The third-order valence-electron chi connectivity index (χ3n) is 5.54. The molecule has 158 valence electrons. The van der Waals surface area contributed by atoms with Crippen molar-refractivity contribution in [2.45, 2.75) is 43.5 Å². The summed E-state index contributed by atoms with van der Waals surface area (Å²) in [6.45, 7) is 1.79. The summed E-state index contributed by atoms with van der Waals surface area (Å²) in [7, 11) is -3.52. The molecule has 2 amide bonds. The summed E-state index contributed by atoms with van der Waals surface area (Å²) in [5, 5.41) is 5.56. The molecule has 0 radical (unpaired) electrons. The Morgan fingerprint density at radius 2 is 1.97 bits per heavy atom. The Balaban J connectivity index is 1.36. The van der Waals surface area contributed by atoms with Crippen LogP contribution in [0.25, 0.3) is 0 Å². The first-order chi connectivity index (χ1) is 14.3. The number of amides is 2. The molecule has 2 aromatic carbocycles. The summed E-state index contributed by atoms with van der Waals surface area (Å²) in [6.07, 6.45) is 2.84. The Hall–Kier alpha value is -2.87. The van der Waals surface area contributed by atoms with Crippen molar-refractivity contribution in [3.63, 3.8) is 0 Å². The number of anilines is 1. The Labute approximate surface area is 175 Å². The highest BCUT2D eigenvalue weighted by Gasteiger charge is 2.21. The number of hydrogen-bond acceptors (Lipinski definition) is 5. The summed E-state index contributed by atoms with van der Waals surface area (Å²) < 4.78 is 30.6. The van der Waals surface area contributed by atoms with Gasteiger partial charge in [-0.3, -0.25) is 9.59 Å². The van der Waals surface area contributed by atoms with Gasteiger partial charge in [0.15, 0.2) is 16.4 Å². The highest BCUT2D eigenvalue weighted by molar-refractivity contribution is 7.91. The van der Waals surface area contributed by atoms with Gasteiger partial charge >= 0.3 is 0 Å². The molecule has 0 spiro atoms. The second-order valence-corrected chi connectivity index (χ2v) is 9.84. The van der Waals surface area contributed by atoms with Crippen LogP contribution in [0.4, 0.5) is 5.69 Å². The van der Waals surface area contributed by atoms with Crippen LogP contribution in [0.5, 0.6) is 5.75 Å². The van der Waals surface area contributed by atoms with Gasteiger partial charge in [-0.25, -0.2) is 8.42 Å². The highest BCUT2D eigenvalue weighted by atomic mass is 32.2. The second kappa shape index (κ2) is 8.10. The number of benzene rings is 2. The first-order valence-corrected chi connectivity index (χ1v) is 11.7. The summed E-state index contributed by atoms with van der Waals surface area (Å²) in [6, 6.07) is 10.2. The average Bonchev–Trinajstić information content (AvgIpc) is 3.19. The highest BCUT2D eigenvalue weighted by Crippen LogP contribution is 2.30. The Morgan fingerprint density at radius 1 is 1.17 bits per heavy atom. The standard InChI is InChI=1S/C22H24N2O5S/c1-14(16-6-8-20-19(12-16)24-22(26)13-29-20)23-21(25)9-10-30(27,28)18-7-5-15-3-2-4-17(15)11-18/h5-8,11-12,14H,2-4,9-10,13H2,1H3,(H,23,25)(H,24,26). The molecule has 7 nitrogen and oxygen atoms in total. The minimum atomic E-state index is -3.52. The van der Waals surface area contributed by atoms with Gasteiger partial charge in [0, 0.05) is 6.42 Å². The van der Waals surface area contributed by atoms with E-state index in [0.29, 0.717) is 11.4 Å².